The maximum absolute atomic E-state index is 12.7. The molecule has 168 valence electrons. The summed E-state index contributed by atoms with van der Waals surface area (Å²) in [4.78, 5) is 16.2. The van der Waals surface area contributed by atoms with Gasteiger partial charge in [0, 0.05) is 37.5 Å². The number of carbonyl (C=O) groups excluding carboxylic acids is 1. The lowest BCUT2D eigenvalue weighted by Gasteiger charge is -2.31. The summed E-state index contributed by atoms with van der Waals surface area (Å²) in [5.41, 5.74) is 1.83. The second kappa shape index (κ2) is 10.0. The Kier molecular flexibility index (Phi) is 6.94. The van der Waals surface area contributed by atoms with Crippen LogP contribution in [0, 0.1) is 19.8 Å². The predicted octanol–water partition coefficient (Wildman–Crippen LogP) is 3.26. The Labute approximate surface area is 191 Å². The molecule has 0 N–H and O–H groups in total. The highest BCUT2D eigenvalue weighted by Crippen LogP contribution is 2.23. The molecule has 1 amide bonds. The highest BCUT2D eigenvalue weighted by Gasteiger charge is 2.22. The molecule has 3 heterocycles. The van der Waals surface area contributed by atoms with Crippen LogP contribution >= 0.6 is 11.6 Å². The van der Waals surface area contributed by atoms with Gasteiger partial charge >= 0.3 is 0 Å². The topological polar surface area (TPSA) is 103 Å². The maximum atomic E-state index is 12.7. The zero-order valence-corrected chi connectivity index (χ0v) is 19.0. The molecule has 1 saturated heterocycles. The van der Waals surface area contributed by atoms with Gasteiger partial charge in [0.25, 0.3) is 0 Å². The number of aromatic nitrogens is 6. The van der Waals surface area contributed by atoms with Gasteiger partial charge in [0.1, 0.15) is 0 Å². The van der Waals surface area contributed by atoms with E-state index in [1.807, 2.05) is 29.2 Å². The quantitative estimate of drug-likeness (QED) is 0.503. The number of rotatable bonds is 7. The number of hydrogen-bond acceptors (Lipinski definition) is 7. The van der Waals surface area contributed by atoms with Crippen LogP contribution in [0.1, 0.15) is 48.0 Å². The first-order valence-electron chi connectivity index (χ1n) is 10.7. The van der Waals surface area contributed by atoms with Crippen molar-refractivity contribution in [2.45, 2.75) is 46.1 Å². The molecule has 0 atom stereocenters. The molecule has 3 aromatic rings. The average molecular weight is 456 g/mol. The molecule has 0 spiro atoms. The fourth-order valence-corrected chi connectivity index (χ4v) is 4.09. The van der Waals surface area contributed by atoms with E-state index in [9.17, 15) is 4.79 Å². The molecular weight excluding hydrogens is 430 g/mol. The fraction of sp³-hybridized carbons (Fsp3) is 0.455. The van der Waals surface area contributed by atoms with Crippen LogP contribution in [-0.2, 0) is 17.8 Å². The standard InChI is InChI=1S/C22H26ClN7O2/c1-15-24-28-30(27-15)14-19-13-20(23)6-4-18(19)5-8-22(31)29-11-9-17(10-12-29)3-7-21-26-25-16(2)32-21/h4-6,8,13,17H,3,7,9-12,14H2,1-2H3. The van der Waals surface area contributed by atoms with E-state index in [1.165, 1.54) is 4.80 Å². The van der Waals surface area contributed by atoms with Crippen molar-refractivity contribution in [2.24, 2.45) is 5.92 Å². The Morgan fingerprint density at radius 2 is 2.03 bits per heavy atom. The Bertz CT molecular complexity index is 1100. The van der Waals surface area contributed by atoms with Gasteiger partial charge in [-0.25, -0.2) is 0 Å². The first-order chi connectivity index (χ1) is 15.5. The minimum absolute atomic E-state index is 0.0200. The molecule has 0 aliphatic carbocycles. The van der Waals surface area contributed by atoms with Gasteiger partial charge in [0.15, 0.2) is 5.82 Å². The first kappa shape index (κ1) is 22.1. The molecule has 0 unspecified atom stereocenters. The van der Waals surface area contributed by atoms with E-state index in [0.29, 0.717) is 35.1 Å². The van der Waals surface area contributed by atoms with E-state index in [4.69, 9.17) is 16.0 Å². The maximum Gasteiger partial charge on any atom is 0.246 e. The van der Waals surface area contributed by atoms with Crippen molar-refractivity contribution in [2.75, 3.05) is 13.1 Å². The number of amides is 1. The first-order valence-corrected chi connectivity index (χ1v) is 11.1. The van der Waals surface area contributed by atoms with Gasteiger partial charge in [0.2, 0.25) is 17.7 Å². The van der Waals surface area contributed by atoms with Crippen molar-refractivity contribution in [3.05, 3.63) is 58.0 Å². The van der Waals surface area contributed by atoms with E-state index in [1.54, 1.807) is 19.9 Å². The number of aryl methyl sites for hydroxylation is 3. The summed E-state index contributed by atoms with van der Waals surface area (Å²) < 4.78 is 5.45. The Morgan fingerprint density at radius 3 is 2.72 bits per heavy atom. The SMILES string of the molecule is Cc1nnn(Cc2cc(Cl)ccc2C=CC(=O)N2CCC(CCc3nnc(C)o3)CC2)n1. The molecule has 0 radical (unpaired) electrons. The van der Waals surface area contributed by atoms with Crippen LogP contribution in [-0.4, -0.2) is 54.3 Å². The van der Waals surface area contributed by atoms with Crippen molar-refractivity contribution in [1.82, 2.24) is 35.3 Å². The highest BCUT2D eigenvalue weighted by atomic mass is 35.5. The molecule has 1 fully saturated rings. The number of piperidine rings is 1. The van der Waals surface area contributed by atoms with Crippen LogP contribution in [0.5, 0.6) is 0 Å². The highest BCUT2D eigenvalue weighted by molar-refractivity contribution is 6.30. The summed E-state index contributed by atoms with van der Waals surface area (Å²) in [6.07, 6.45) is 7.23. The van der Waals surface area contributed by atoms with Crippen LogP contribution in [0.3, 0.4) is 0 Å². The third-order valence-electron chi connectivity index (χ3n) is 5.64. The van der Waals surface area contributed by atoms with Crippen LogP contribution < -0.4 is 0 Å². The zero-order chi connectivity index (χ0) is 22.5. The van der Waals surface area contributed by atoms with Gasteiger partial charge in [-0.2, -0.15) is 4.80 Å². The number of hydrogen-bond donors (Lipinski definition) is 0. The lowest BCUT2D eigenvalue weighted by atomic mass is 9.92. The molecule has 1 aromatic carbocycles. The molecule has 4 rings (SSSR count). The third-order valence-corrected chi connectivity index (χ3v) is 5.87. The smallest absolute Gasteiger partial charge is 0.246 e. The summed E-state index contributed by atoms with van der Waals surface area (Å²) in [7, 11) is 0. The van der Waals surface area contributed by atoms with Gasteiger partial charge in [-0.1, -0.05) is 17.7 Å². The molecule has 1 aliphatic heterocycles. The van der Waals surface area contributed by atoms with E-state index in [2.05, 4.69) is 25.6 Å². The molecule has 9 nitrogen and oxygen atoms in total. The minimum Gasteiger partial charge on any atom is -0.426 e. The molecule has 32 heavy (non-hydrogen) atoms. The lowest BCUT2D eigenvalue weighted by molar-refractivity contribution is -0.127. The lowest BCUT2D eigenvalue weighted by Crippen LogP contribution is -2.37. The van der Waals surface area contributed by atoms with Crippen LogP contribution in [0.15, 0.2) is 28.7 Å². The fourth-order valence-electron chi connectivity index (χ4n) is 3.89. The minimum atomic E-state index is 0.0200. The van der Waals surface area contributed by atoms with Gasteiger partial charge in [-0.15, -0.1) is 20.4 Å². The van der Waals surface area contributed by atoms with E-state index in [-0.39, 0.29) is 5.91 Å². The van der Waals surface area contributed by atoms with Crippen molar-refractivity contribution in [3.8, 4) is 0 Å². The van der Waals surface area contributed by atoms with Crippen LogP contribution in [0.2, 0.25) is 5.02 Å². The molecule has 0 bridgehead atoms. The van der Waals surface area contributed by atoms with Gasteiger partial charge < -0.3 is 9.32 Å². The van der Waals surface area contributed by atoms with E-state index in [0.717, 1.165) is 49.9 Å². The van der Waals surface area contributed by atoms with E-state index < -0.39 is 0 Å². The van der Waals surface area contributed by atoms with Crippen molar-refractivity contribution >= 4 is 23.6 Å². The number of nitrogens with zero attached hydrogens (tertiary/aromatic N) is 7. The number of halogens is 1. The zero-order valence-electron chi connectivity index (χ0n) is 18.2. The second-order valence-corrected chi connectivity index (χ2v) is 8.50. The van der Waals surface area contributed by atoms with Crippen molar-refractivity contribution < 1.29 is 9.21 Å². The summed E-state index contributed by atoms with van der Waals surface area (Å²) >= 11 is 6.17. The molecule has 2 aromatic heterocycles. The van der Waals surface area contributed by atoms with Gasteiger partial charge in [-0.05, 0) is 66.7 Å². The summed E-state index contributed by atoms with van der Waals surface area (Å²) in [6.45, 7) is 5.53. The van der Waals surface area contributed by atoms with Crippen molar-refractivity contribution in [3.63, 3.8) is 0 Å². The van der Waals surface area contributed by atoms with E-state index >= 15 is 0 Å². The normalized spacial score (nSPS) is 15.0. The monoisotopic (exact) mass is 455 g/mol. The third kappa shape index (κ3) is 5.79. The molecular formula is C22H26ClN7O2. The van der Waals surface area contributed by atoms with Gasteiger partial charge in [-0.3, -0.25) is 4.79 Å². The van der Waals surface area contributed by atoms with Crippen LogP contribution in [0.4, 0.5) is 0 Å². The Balaban J connectivity index is 1.31. The number of carbonyl (C=O) groups is 1. The molecule has 0 saturated carbocycles. The Hall–Kier alpha value is -3.07. The van der Waals surface area contributed by atoms with Crippen LogP contribution in [0.25, 0.3) is 6.08 Å². The summed E-state index contributed by atoms with van der Waals surface area (Å²) in [5.74, 6) is 2.49. The Morgan fingerprint density at radius 1 is 1.22 bits per heavy atom. The number of benzene rings is 1. The molecule has 1 aliphatic rings. The van der Waals surface area contributed by atoms with Gasteiger partial charge in [0.05, 0.1) is 6.54 Å². The average Bonchev–Trinajstić information content (AvgIpc) is 3.39. The predicted molar refractivity (Wildman–Crippen MR) is 119 cm³/mol. The summed E-state index contributed by atoms with van der Waals surface area (Å²) in [5, 5.41) is 20.7. The summed E-state index contributed by atoms with van der Waals surface area (Å²) in [6, 6.07) is 5.57. The van der Waals surface area contributed by atoms with Crippen molar-refractivity contribution in [1.29, 1.82) is 0 Å². The number of tetrazole rings is 1. The number of likely N-dealkylation sites (tertiary alicyclic amines) is 1. The molecule has 10 heteroatoms. The second-order valence-electron chi connectivity index (χ2n) is 8.07. The largest absolute Gasteiger partial charge is 0.426 e.